The highest BCUT2D eigenvalue weighted by Crippen LogP contribution is 2.34. The van der Waals surface area contributed by atoms with Crippen molar-refractivity contribution in [3.63, 3.8) is 0 Å². The molecule has 0 amide bonds. The van der Waals surface area contributed by atoms with E-state index in [1.54, 1.807) is 6.20 Å². The molecule has 30 heavy (non-hydrogen) atoms. The van der Waals surface area contributed by atoms with E-state index in [9.17, 15) is 4.79 Å². The Morgan fingerprint density at radius 2 is 1.90 bits per heavy atom. The Kier molecular flexibility index (Phi) is 5.57. The predicted molar refractivity (Wildman–Crippen MR) is 121 cm³/mol. The van der Waals surface area contributed by atoms with Crippen molar-refractivity contribution in [1.29, 1.82) is 5.41 Å². The number of H-pyrrole nitrogens is 1. The Balaban J connectivity index is 1.69. The van der Waals surface area contributed by atoms with Gasteiger partial charge in [-0.3, -0.25) is 9.78 Å². The molecule has 0 radical (unpaired) electrons. The zero-order valence-electron chi connectivity index (χ0n) is 17.1. The zero-order valence-corrected chi connectivity index (χ0v) is 17.1. The number of fused-ring (bicyclic) bond motifs is 1. The van der Waals surface area contributed by atoms with Gasteiger partial charge in [0.25, 0.3) is 0 Å². The van der Waals surface area contributed by atoms with Crippen LogP contribution in [0.4, 0.5) is 0 Å². The second-order valence-corrected chi connectivity index (χ2v) is 8.12. The second kappa shape index (κ2) is 8.46. The number of aromatic nitrogens is 2. The summed E-state index contributed by atoms with van der Waals surface area (Å²) in [6, 6.07) is 22.3. The summed E-state index contributed by atoms with van der Waals surface area (Å²) in [6.07, 6.45) is 6.41. The molecule has 1 atom stereocenters. The van der Waals surface area contributed by atoms with Crippen molar-refractivity contribution in [1.82, 2.24) is 9.97 Å². The quantitative estimate of drug-likeness (QED) is 0.304. The van der Waals surface area contributed by atoms with Crippen molar-refractivity contribution in [3.8, 4) is 0 Å². The normalized spacial score (nSPS) is 13.1. The summed E-state index contributed by atoms with van der Waals surface area (Å²) in [5.41, 5.74) is 5.23. The van der Waals surface area contributed by atoms with Crippen molar-refractivity contribution in [2.45, 2.75) is 31.6 Å². The number of hydrogen-bond donors (Lipinski definition) is 2. The van der Waals surface area contributed by atoms with E-state index in [1.807, 2.05) is 48.7 Å². The number of hydrogen-bond acceptors (Lipinski definition) is 3. The Morgan fingerprint density at radius 3 is 2.63 bits per heavy atom. The first-order chi connectivity index (χ1) is 14.6. The lowest BCUT2D eigenvalue weighted by atomic mass is 9.73. The zero-order chi connectivity index (χ0) is 21.0. The molecule has 0 aliphatic carbocycles. The van der Waals surface area contributed by atoms with E-state index in [1.165, 1.54) is 0 Å². The maximum absolute atomic E-state index is 11.5. The topological polar surface area (TPSA) is 69.6 Å². The average Bonchev–Trinajstić information content (AvgIpc) is 3.17. The number of pyridine rings is 1. The van der Waals surface area contributed by atoms with Gasteiger partial charge >= 0.3 is 0 Å². The molecule has 0 aliphatic rings. The molecule has 4 aromatic rings. The largest absolute Gasteiger partial charge is 0.360 e. The molecule has 0 saturated carbocycles. The van der Waals surface area contributed by atoms with Crippen molar-refractivity contribution in [3.05, 3.63) is 102 Å². The number of nitrogens with zero attached hydrogens (tertiary/aromatic N) is 1. The number of aldehydes is 1. The molecule has 2 N–H and O–H groups in total. The van der Waals surface area contributed by atoms with E-state index in [0.717, 1.165) is 40.4 Å². The maximum atomic E-state index is 11.5. The van der Waals surface area contributed by atoms with Gasteiger partial charge in [-0.2, -0.15) is 0 Å². The first-order valence-corrected chi connectivity index (χ1v) is 10.1. The third kappa shape index (κ3) is 4.23. The van der Waals surface area contributed by atoms with Gasteiger partial charge in [-0.25, -0.2) is 0 Å². The minimum absolute atomic E-state index is 0.314. The highest BCUT2D eigenvalue weighted by Gasteiger charge is 2.30. The summed E-state index contributed by atoms with van der Waals surface area (Å²) in [4.78, 5) is 19.1. The summed E-state index contributed by atoms with van der Waals surface area (Å²) in [5, 5.41) is 9.65. The van der Waals surface area contributed by atoms with E-state index in [2.05, 4.69) is 41.2 Å². The summed E-state index contributed by atoms with van der Waals surface area (Å²) in [6.45, 7) is 2.19. The first kappa shape index (κ1) is 19.8. The van der Waals surface area contributed by atoms with Gasteiger partial charge < -0.3 is 10.4 Å². The average molecular weight is 396 g/mol. The van der Waals surface area contributed by atoms with E-state index < -0.39 is 0 Å². The lowest BCUT2D eigenvalue weighted by Crippen LogP contribution is -2.29. The minimum atomic E-state index is -0.314. The lowest BCUT2D eigenvalue weighted by Gasteiger charge is -2.31. The van der Waals surface area contributed by atoms with Crippen LogP contribution in [0.5, 0.6) is 0 Å². The molecule has 0 aliphatic heterocycles. The van der Waals surface area contributed by atoms with Gasteiger partial charge in [0.1, 0.15) is 0 Å². The van der Waals surface area contributed by atoms with Gasteiger partial charge in [-0.05, 0) is 48.2 Å². The fourth-order valence-corrected chi connectivity index (χ4v) is 4.16. The van der Waals surface area contributed by atoms with Gasteiger partial charge in [0.2, 0.25) is 0 Å². The standard InChI is InChI=1S/C26H25N3O/c1-26(16-23-9-5-6-12-28-23,15-22(27)13-19-7-3-2-4-8-19)21-10-11-25-24(14-21)20(18-30)17-29-25/h2-12,14,17-18,27,29H,13,15-16H2,1H3. The van der Waals surface area contributed by atoms with Crippen molar-refractivity contribution >= 4 is 22.9 Å². The van der Waals surface area contributed by atoms with Crippen LogP contribution in [0.1, 0.15) is 40.5 Å². The Bertz CT molecular complexity index is 1160. The molecule has 0 spiro atoms. The number of carbonyl (C=O) groups excluding carboxylic acids is 1. The van der Waals surface area contributed by atoms with Crippen molar-refractivity contribution in [2.24, 2.45) is 0 Å². The van der Waals surface area contributed by atoms with Gasteiger partial charge in [0.05, 0.1) is 0 Å². The molecule has 0 fully saturated rings. The lowest BCUT2D eigenvalue weighted by molar-refractivity contribution is 0.112. The molecule has 2 aromatic heterocycles. The fraction of sp³-hybridized carbons (Fsp3) is 0.192. The molecule has 2 aromatic carbocycles. The molecule has 150 valence electrons. The smallest absolute Gasteiger partial charge is 0.152 e. The molecule has 4 rings (SSSR count). The van der Waals surface area contributed by atoms with Gasteiger partial charge in [-0.1, -0.05) is 49.4 Å². The molecule has 4 nitrogen and oxygen atoms in total. The van der Waals surface area contributed by atoms with Crippen LogP contribution < -0.4 is 0 Å². The van der Waals surface area contributed by atoms with Gasteiger partial charge in [-0.15, -0.1) is 0 Å². The molecule has 0 bridgehead atoms. The van der Waals surface area contributed by atoms with Crippen LogP contribution in [-0.4, -0.2) is 22.0 Å². The van der Waals surface area contributed by atoms with Crippen LogP contribution in [0.2, 0.25) is 0 Å². The second-order valence-electron chi connectivity index (χ2n) is 8.12. The predicted octanol–water partition coefficient (Wildman–Crippen LogP) is 5.53. The molecular formula is C26H25N3O. The van der Waals surface area contributed by atoms with E-state index in [4.69, 9.17) is 5.41 Å². The van der Waals surface area contributed by atoms with Crippen LogP contribution in [0.15, 0.2) is 79.1 Å². The van der Waals surface area contributed by atoms with E-state index in [0.29, 0.717) is 24.1 Å². The highest BCUT2D eigenvalue weighted by atomic mass is 16.1. The van der Waals surface area contributed by atoms with Gasteiger partial charge in [0, 0.05) is 52.1 Å². The summed E-state index contributed by atoms with van der Waals surface area (Å²) < 4.78 is 0. The molecular weight excluding hydrogens is 370 g/mol. The maximum Gasteiger partial charge on any atom is 0.152 e. The molecule has 4 heteroatoms. The van der Waals surface area contributed by atoms with Crippen LogP contribution in [0.25, 0.3) is 10.9 Å². The third-order valence-electron chi connectivity index (χ3n) is 5.70. The number of benzene rings is 2. The third-order valence-corrected chi connectivity index (χ3v) is 5.70. The van der Waals surface area contributed by atoms with Crippen LogP contribution in [0, 0.1) is 5.41 Å². The molecule has 2 heterocycles. The SMILES string of the molecule is CC(CC(=N)Cc1ccccc1)(Cc1ccccn1)c1ccc2[nH]cc(C=O)c2c1. The van der Waals surface area contributed by atoms with Gasteiger partial charge in [0.15, 0.2) is 6.29 Å². The van der Waals surface area contributed by atoms with E-state index >= 15 is 0 Å². The highest BCUT2D eigenvalue weighted by molar-refractivity contribution is 5.97. The number of nitrogens with one attached hydrogen (secondary N) is 2. The Hall–Kier alpha value is -3.53. The van der Waals surface area contributed by atoms with E-state index in [-0.39, 0.29) is 5.41 Å². The molecule has 1 unspecified atom stereocenters. The summed E-state index contributed by atoms with van der Waals surface area (Å²) >= 11 is 0. The van der Waals surface area contributed by atoms with Crippen molar-refractivity contribution in [2.75, 3.05) is 0 Å². The van der Waals surface area contributed by atoms with Crippen LogP contribution in [0.3, 0.4) is 0 Å². The number of carbonyl (C=O) groups is 1. The Morgan fingerprint density at radius 1 is 1.10 bits per heavy atom. The molecule has 0 saturated heterocycles. The summed E-state index contributed by atoms with van der Waals surface area (Å²) in [7, 11) is 0. The van der Waals surface area contributed by atoms with Crippen LogP contribution >= 0.6 is 0 Å². The van der Waals surface area contributed by atoms with Crippen molar-refractivity contribution < 1.29 is 4.79 Å². The number of rotatable bonds is 8. The Labute approximate surface area is 176 Å². The van der Waals surface area contributed by atoms with Crippen LogP contribution in [-0.2, 0) is 18.3 Å². The monoisotopic (exact) mass is 395 g/mol. The summed E-state index contributed by atoms with van der Waals surface area (Å²) in [5.74, 6) is 0. The number of aromatic amines is 1. The first-order valence-electron chi connectivity index (χ1n) is 10.1. The minimum Gasteiger partial charge on any atom is -0.360 e. The fourth-order valence-electron chi connectivity index (χ4n) is 4.16.